The van der Waals surface area contributed by atoms with E-state index in [2.05, 4.69) is 223 Å². The minimum Gasteiger partial charge on any atom is -0.336 e. The average molecular weight is 811 g/mol. The van der Waals surface area contributed by atoms with Crippen molar-refractivity contribution in [2.24, 2.45) is 0 Å². The molecule has 0 fully saturated rings. The van der Waals surface area contributed by atoms with Crippen molar-refractivity contribution in [2.75, 3.05) is 4.90 Å². The molecule has 0 saturated heterocycles. The topological polar surface area (TPSA) is 27.0 Å². The third kappa shape index (κ3) is 5.58. The SMILES string of the molecule is N#Cc1ccc2c3c1ccc1c(-c4ccc5c(-c6ccc7ccccc7c6)c6cc(-c7ccccc7)ccc6c(-c6ccc7ccccc7c6)c5c4)ccc(c13)N(c1ccccc1)C2. The van der Waals surface area contributed by atoms with E-state index in [-0.39, 0.29) is 0 Å². The summed E-state index contributed by atoms with van der Waals surface area (Å²) in [5, 5.41) is 24.6. The van der Waals surface area contributed by atoms with Crippen molar-refractivity contribution in [1.29, 1.82) is 5.26 Å². The van der Waals surface area contributed by atoms with E-state index in [0.29, 0.717) is 5.56 Å². The number of nitrogens with zero attached hydrogens (tertiary/aromatic N) is 2. The Kier molecular flexibility index (Phi) is 8.07. The lowest BCUT2D eigenvalue weighted by atomic mass is 9.82. The Balaban J connectivity index is 1.14. The van der Waals surface area contributed by atoms with Crippen molar-refractivity contribution in [3.63, 3.8) is 0 Å². The van der Waals surface area contributed by atoms with E-state index in [4.69, 9.17) is 0 Å². The van der Waals surface area contributed by atoms with Gasteiger partial charge in [0, 0.05) is 28.7 Å². The molecular formula is C62H38N2. The van der Waals surface area contributed by atoms with Crippen LogP contribution in [0.4, 0.5) is 11.4 Å². The minimum absolute atomic E-state index is 0.708. The highest BCUT2D eigenvalue weighted by Crippen LogP contribution is 2.50. The van der Waals surface area contributed by atoms with Crippen molar-refractivity contribution in [2.45, 2.75) is 6.54 Å². The summed E-state index contributed by atoms with van der Waals surface area (Å²) in [6.07, 6.45) is 0. The number of nitriles is 1. The lowest BCUT2D eigenvalue weighted by molar-refractivity contribution is 0.982. The van der Waals surface area contributed by atoms with Crippen LogP contribution in [0, 0.1) is 11.3 Å². The van der Waals surface area contributed by atoms with Crippen LogP contribution in [0.2, 0.25) is 0 Å². The van der Waals surface area contributed by atoms with Gasteiger partial charge in [0.15, 0.2) is 0 Å². The second kappa shape index (κ2) is 14.3. The highest BCUT2D eigenvalue weighted by molar-refractivity contribution is 6.25. The van der Waals surface area contributed by atoms with Gasteiger partial charge in [-0.05, 0) is 152 Å². The van der Waals surface area contributed by atoms with Gasteiger partial charge in [0.1, 0.15) is 0 Å². The van der Waals surface area contributed by atoms with E-state index in [1.165, 1.54) is 104 Å². The zero-order chi connectivity index (χ0) is 42.3. The van der Waals surface area contributed by atoms with Crippen molar-refractivity contribution in [1.82, 2.24) is 0 Å². The fourth-order valence-corrected chi connectivity index (χ4v) is 10.7. The van der Waals surface area contributed by atoms with Crippen LogP contribution in [-0.2, 0) is 6.54 Å². The number of benzene rings is 12. The number of fused-ring (bicyclic) bond motifs is 4. The van der Waals surface area contributed by atoms with Crippen molar-refractivity contribution in [3.8, 4) is 50.6 Å². The lowest BCUT2D eigenvalue weighted by Gasteiger charge is -2.32. The molecule has 0 N–H and O–H groups in total. The summed E-state index contributed by atoms with van der Waals surface area (Å²) in [6.45, 7) is 0.736. The average Bonchev–Trinajstić information content (AvgIpc) is 3.36. The molecule has 1 aliphatic rings. The molecule has 0 unspecified atom stereocenters. The first-order chi connectivity index (χ1) is 31.7. The molecule has 2 heteroatoms. The summed E-state index contributed by atoms with van der Waals surface area (Å²) in [5.41, 5.74) is 13.8. The molecule has 296 valence electrons. The number of para-hydroxylation sites is 1. The van der Waals surface area contributed by atoms with Crippen LogP contribution in [0.25, 0.3) is 109 Å². The maximum absolute atomic E-state index is 10.3. The van der Waals surface area contributed by atoms with Crippen LogP contribution in [0.5, 0.6) is 0 Å². The van der Waals surface area contributed by atoms with Gasteiger partial charge in [-0.2, -0.15) is 5.26 Å². The molecule has 1 aliphatic heterocycles. The molecule has 0 spiro atoms. The van der Waals surface area contributed by atoms with E-state index < -0.39 is 0 Å². The summed E-state index contributed by atoms with van der Waals surface area (Å²) in [5.74, 6) is 0. The molecule has 0 atom stereocenters. The van der Waals surface area contributed by atoms with E-state index >= 15 is 0 Å². The zero-order valence-corrected chi connectivity index (χ0v) is 34.9. The lowest BCUT2D eigenvalue weighted by Crippen LogP contribution is -2.20. The first-order valence-electron chi connectivity index (χ1n) is 22.0. The molecule has 0 bridgehead atoms. The largest absolute Gasteiger partial charge is 0.336 e. The second-order valence-electron chi connectivity index (χ2n) is 17.1. The van der Waals surface area contributed by atoms with Crippen molar-refractivity contribution < 1.29 is 0 Å². The zero-order valence-electron chi connectivity index (χ0n) is 34.9. The van der Waals surface area contributed by atoms with Gasteiger partial charge in [-0.1, -0.05) is 170 Å². The van der Waals surface area contributed by atoms with Gasteiger partial charge in [-0.15, -0.1) is 0 Å². The van der Waals surface area contributed by atoms with Gasteiger partial charge in [-0.25, -0.2) is 0 Å². The molecule has 0 radical (unpaired) electrons. The van der Waals surface area contributed by atoms with Crippen molar-refractivity contribution >= 4 is 76.0 Å². The van der Waals surface area contributed by atoms with Crippen LogP contribution < -0.4 is 4.90 Å². The van der Waals surface area contributed by atoms with E-state index in [9.17, 15) is 5.26 Å². The van der Waals surface area contributed by atoms with Crippen LogP contribution in [0.1, 0.15) is 11.1 Å². The fourth-order valence-electron chi connectivity index (χ4n) is 10.7. The third-order valence-electron chi connectivity index (χ3n) is 13.6. The van der Waals surface area contributed by atoms with Gasteiger partial charge in [0.25, 0.3) is 0 Å². The second-order valence-corrected chi connectivity index (χ2v) is 17.1. The number of rotatable bonds is 5. The molecule has 13 rings (SSSR count). The Morgan fingerprint density at radius 3 is 1.56 bits per heavy atom. The molecule has 0 aromatic heterocycles. The van der Waals surface area contributed by atoms with Gasteiger partial charge in [0.2, 0.25) is 0 Å². The Morgan fingerprint density at radius 2 is 0.906 bits per heavy atom. The Morgan fingerprint density at radius 1 is 0.359 bits per heavy atom. The maximum atomic E-state index is 10.3. The van der Waals surface area contributed by atoms with E-state index in [1.807, 2.05) is 6.07 Å². The standard InChI is InChI=1S/C62H38N2/c63-37-48-23-24-49-38-64(50-17-5-2-6-18-50)58-32-31-51(53-30-29-52(48)61(49)62(53)58)45-26-28-55-57(36-45)60(47-22-20-41-14-8-10-16-43(41)34-47)54-27-25-44(39-11-3-1-4-12-39)35-56(54)59(55)46-21-19-40-13-7-9-15-42(40)33-46/h1-36H,38H2. The summed E-state index contributed by atoms with van der Waals surface area (Å²) < 4.78 is 0. The van der Waals surface area contributed by atoms with Gasteiger partial charge in [0.05, 0.1) is 11.6 Å². The Hall–Kier alpha value is -8.51. The first-order valence-corrected chi connectivity index (χ1v) is 22.0. The van der Waals surface area contributed by atoms with Crippen LogP contribution >= 0.6 is 0 Å². The summed E-state index contributed by atoms with van der Waals surface area (Å²) in [6, 6.07) is 82.4. The van der Waals surface area contributed by atoms with Gasteiger partial charge >= 0.3 is 0 Å². The minimum atomic E-state index is 0.708. The molecule has 64 heavy (non-hydrogen) atoms. The summed E-state index contributed by atoms with van der Waals surface area (Å²) in [7, 11) is 0. The quantitative estimate of drug-likeness (QED) is 0.128. The van der Waals surface area contributed by atoms with Gasteiger partial charge in [-0.3, -0.25) is 0 Å². The van der Waals surface area contributed by atoms with Crippen LogP contribution in [0.15, 0.2) is 218 Å². The number of hydrogen-bond acceptors (Lipinski definition) is 2. The molecule has 12 aromatic rings. The molecule has 0 amide bonds. The van der Waals surface area contributed by atoms with Crippen LogP contribution in [0.3, 0.4) is 0 Å². The number of hydrogen-bond donors (Lipinski definition) is 0. The molecule has 1 heterocycles. The van der Waals surface area contributed by atoms with Crippen LogP contribution in [-0.4, -0.2) is 0 Å². The predicted molar refractivity (Wildman–Crippen MR) is 270 cm³/mol. The highest BCUT2D eigenvalue weighted by atomic mass is 15.1. The van der Waals surface area contributed by atoms with E-state index in [1.54, 1.807) is 0 Å². The van der Waals surface area contributed by atoms with Crippen molar-refractivity contribution in [3.05, 3.63) is 230 Å². The summed E-state index contributed by atoms with van der Waals surface area (Å²) in [4.78, 5) is 2.42. The Labute approximate surface area is 371 Å². The molecule has 12 aromatic carbocycles. The molecule has 2 nitrogen and oxygen atoms in total. The smallest absolute Gasteiger partial charge is 0.0998 e. The first kappa shape index (κ1) is 36.2. The maximum Gasteiger partial charge on any atom is 0.0998 e. The Bertz CT molecular complexity index is 3930. The molecular weight excluding hydrogens is 773 g/mol. The fraction of sp³-hybridized carbons (Fsp3) is 0.0161. The monoisotopic (exact) mass is 810 g/mol. The summed E-state index contributed by atoms with van der Waals surface area (Å²) >= 11 is 0. The van der Waals surface area contributed by atoms with E-state index in [0.717, 1.165) is 28.9 Å². The normalized spacial score (nSPS) is 12.3. The molecule has 0 saturated carbocycles. The predicted octanol–water partition coefficient (Wildman–Crippen LogP) is 16.8. The van der Waals surface area contributed by atoms with Gasteiger partial charge < -0.3 is 4.90 Å². The third-order valence-corrected chi connectivity index (χ3v) is 13.6. The highest BCUT2D eigenvalue weighted by Gasteiger charge is 2.26. The molecule has 0 aliphatic carbocycles. The number of anilines is 2.